The van der Waals surface area contributed by atoms with E-state index in [0.29, 0.717) is 0 Å². The van der Waals surface area contributed by atoms with E-state index in [1.165, 1.54) is 43.9 Å². The topological polar surface area (TPSA) is 0 Å². The number of unbranched alkanes of at least 4 members (excludes halogenated alkanes) is 3. The summed E-state index contributed by atoms with van der Waals surface area (Å²) in [6.07, 6.45) is 11.9. The van der Waals surface area contributed by atoms with E-state index in [1.807, 2.05) is 0 Å². The van der Waals surface area contributed by atoms with Gasteiger partial charge in [0.25, 0.3) is 0 Å². The first-order chi connectivity index (χ1) is 8.20. The summed E-state index contributed by atoms with van der Waals surface area (Å²) in [6, 6.07) is 4.86. The zero-order chi connectivity index (χ0) is 12.6. The van der Waals surface area contributed by atoms with Gasteiger partial charge in [0, 0.05) is 5.33 Å². The quantitative estimate of drug-likeness (QED) is 0.282. The van der Waals surface area contributed by atoms with E-state index >= 15 is 0 Å². The van der Waals surface area contributed by atoms with Crippen molar-refractivity contribution in [1.29, 1.82) is 0 Å². The van der Waals surface area contributed by atoms with Crippen LogP contribution >= 0.6 is 15.9 Å². The SMILES string of the molecule is CCCCCC1CC[Si](C)(CCCCBr)CC1. The van der Waals surface area contributed by atoms with E-state index < -0.39 is 8.07 Å². The van der Waals surface area contributed by atoms with Gasteiger partial charge in [-0.2, -0.15) is 0 Å². The molecule has 1 saturated heterocycles. The first-order valence-corrected chi connectivity index (χ1v) is 12.0. The monoisotopic (exact) mass is 318 g/mol. The number of halogens is 1. The minimum atomic E-state index is -0.784. The lowest BCUT2D eigenvalue weighted by Gasteiger charge is -2.36. The number of alkyl halides is 1. The fourth-order valence-corrected chi connectivity index (χ4v) is 7.70. The van der Waals surface area contributed by atoms with Gasteiger partial charge in [0.05, 0.1) is 8.07 Å². The third-order valence-corrected chi connectivity index (χ3v) is 9.81. The highest BCUT2D eigenvalue weighted by Gasteiger charge is 2.31. The highest BCUT2D eigenvalue weighted by Crippen LogP contribution is 2.38. The molecule has 1 rings (SSSR count). The van der Waals surface area contributed by atoms with Crippen molar-refractivity contribution < 1.29 is 0 Å². The average Bonchev–Trinajstić information content (AvgIpc) is 2.33. The molecular weight excluding hydrogens is 288 g/mol. The fraction of sp³-hybridized carbons (Fsp3) is 1.00. The molecule has 0 aliphatic carbocycles. The molecule has 2 heteroatoms. The number of rotatable bonds is 8. The molecular formula is C15H31BrSi. The summed E-state index contributed by atoms with van der Waals surface area (Å²) in [5, 5.41) is 1.21. The Hall–Kier alpha value is 0.697. The van der Waals surface area contributed by atoms with E-state index in [0.717, 1.165) is 5.92 Å². The summed E-state index contributed by atoms with van der Waals surface area (Å²) in [6.45, 7) is 4.98. The van der Waals surface area contributed by atoms with Gasteiger partial charge < -0.3 is 0 Å². The molecule has 0 aromatic rings. The van der Waals surface area contributed by atoms with Gasteiger partial charge in [-0.3, -0.25) is 0 Å². The molecule has 0 saturated carbocycles. The van der Waals surface area contributed by atoms with Crippen molar-refractivity contribution in [2.45, 2.75) is 83.0 Å². The van der Waals surface area contributed by atoms with Crippen molar-refractivity contribution in [3.63, 3.8) is 0 Å². The van der Waals surface area contributed by atoms with Crippen LogP contribution in [0, 0.1) is 5.92 Å². The van der Waals surface area contributed by atoms with Crippen LogP contribution in [0.4, 0.5) is 0 Å². The summed E-state index contributed by atoms with van der Waals surface area (Å²) in [7, 11) is -0.784. The first-order valence-electron chi connectivity index (χ1n) is 7.76. The maximum Gasteiger partial charge on any atom is 0.0505 e. The molecule has 0 nitrogen and oxygen atoms in total. The molecule has 0 bridgehead atoms. The normalized spacial score (nSPS) is 29.5. The highest BCUT2D eigenvalue weighted by molar-refractivity contribution is 9.09. The maximum absolute atomic E-state index is 3.55. The lowest BCUT2D eigenvalue weighted by atomic mass is 9.96. The Morgan fingerprint density at radius 3 is 2.35 bits per heavy atom. The zero-order valence-corrected chi connectivity index (χ0v) is 14.5. The lowest BCUT2D eigenvalue weighted by Crippen LogP contribution is -2.34. The summed E-state index contributed by atoms with van der Waals surface area (Å²) in [5.74, 6) is 1.10. The molecule has 0 spiro atoms. The highest BCUT2D eigenvalue weighted by atomic mass is 79.9. The van der Waals surface area contributed by atoms with Crippen molar-refractivity contribution in [3.05, 3.63) is 0 Å². The molecule has 102 valence electrons. The molecule has 0 amide bonds. The smallest absolute Gasteiger partial charge is 0.0505 e. The molecule has 0 atom stereocenters. The molecule has 0 radical (unpaired) electrons. The Bertz CT molecular complexity index is 185. The predicted molar refractivity (Wildman–Crippen MR) is 85.9 cm³/mol. The summed E-state index contributed by atoms with van der Waals surface area (Å²) < 4.78 is 0. The van der Waals surface area contributed by atoms with Crippen LogP contribution < -0.4 is 0 Å². The molecule has 0 unspecified atom stereocenters. The Balaban J connectivity index is 2.15. The van der Waals surface area contributed by atoms with E-state index in [9.17, 15) is 0 Å². The van der Waals surface area contributed by atoms with Crippen LogP contribution in [-0.2, 0) is 0 Å². The van der Waals surface area contributed by atoms with Crippen molar-refractivity contribution in [3.8, 4) is 0 Å². The van der Waals surface area contributed by atoms with Crippen LogP contribution in [0.15, 0.2) is 0 Å². The van der Waals surface area contributed by atoms with Gasteiger partial charge >= 0.3 is 0 Å². The zero-order valence-electron chi connectivity index (χ0n) is 11.9. The van der Waals surface area contributed by atoms with Crippen LogP contribution in [0.2, 0.25) is 24.7 Å². The van der Waals surface area contributed by atoms with E-state index in [2.05, 4.69) is 29.4 Å². The number of hydrogen-bond donors (Lipinski definition) is 0. The van der Waals surface area contributed by atoms with Gasteiger partial charge in [-0.1, -0.05) is 92.5 Å². The molecule has 17 heavy (non-hydrogen) atoms. The second-order valence-corrected chi connectivity index (χ2v) is 12.3. The molecule has 0 aromatic heterocycles. The Kier molecular flexibility index (Phi) is 8.10. The molecule has 1 aliphatic heterocycles. The number of hydrogen-bond acceptors (Lipinski definition) is 0. The minimum absolute atomic E-state index is 0.784. The van der Waals surface area contributed by atoms with Crippen LogP contribution in [0.3, 0.4) is 0 Å². The van der Waals surface area contributed by atoms with E-state index in [1.54, 1.807) is 31.0 Å². The van der Waals surface area contributed by atoms with Gasteiger partial charge in [0.1, 0.15) is 0 Å². The average molecular weight is 319 g/mol. The van der Waals surface area contributed by atoms with Gasteiger partial charge in [-0.25, -0.2) is 0 Å². The maximum atomic E-state index is 3.55. The predicted octanol–water partition coefficient (Wildman–Crippen LogP) is 6.23. The Morgan fingerprint density at radius 1 is 1.06 bits per heavy atom. The van der Waals surface area contributed by atoms with Crippen LogP contribution in [-0.4, -0.2) is 13.4 Å². The summed E-state index contributed by atoms with van der Waals surface area (Å²) in [5.41, 5.74) is 0. The van der Waals surface area contributed by atoms with Crippen LogP contribution in [0.1, 0.15) is 58.3 Å². The Morgan fingerprint density at radius 2 is 1.76 bits per heavy atom. The van der Waals surface area contributed by atoms with Gasteiger partial charge in [-0.15, -0.1) is 0 Å². The second-order valence-electron chi connectivity index (χ2n) is 6.40. The molecule has 1 fully saturated rings. The molecule has 1 aliphatic rings. The van der Waals surface area contributed by atoms with E-state index in [-0.39, 0.29) is 0 Å². The third kappa shape index (κ3) is 6.42. The van der Waals surface area contributed by atoms with Crippen molar-refractivity contribution in [1.82, 2.24) is 0 Å². The molecule has 0 N–H and O–H groups in total. The minimum Gasteiger partial charge on any atom is -0.0928 e. The largest absolute Gasteiger partial charge is 0.0928 e. The second kappa shape index (κ2) is 8.74. The summed E-state index contributed by atoms with van der Waals surface area (Å²) >= 11 is 3.55. The van der Waals surface area contributed by atoms with Gasteiger partial charge in [0.15, 0.2) is 0 Å². The third-order valence-electron chi connectivity index (χ3n) is 4.69. The van der Waals surface area contributed by atoms with Gasteiger partial charge in [-0.05, 0) is 12.3 Å². The standard InChI is InChI=1S/C15H31BrSi/c1-3-4-5-8-15-9-13-17(2,14-10-15)12-7-6-11-16/h15H,3-14H2,1-2H3. The lowest BCUT2D eigenvalue weighted by molar-refractivity contribution is 0.413. The van der Waals surface area contributed by atoms with Crippen molar-refractivity contribution in [2.24, 2.45) is 5.92 Å². The van der Waals surface area contributed by atoms with Crippen LogP contribution in [0.25, 0.3) is 0 Å². The van der Waals surface area contributed by atoms with Gasteiger partial charge in [0.2, 0.25) is 0 Å². The first kappa shape index (κ1) is 15.8. The van der Waals surface area contributed by atoms with E-state index in [4.69, 9.17) is 0 Å². The molecule has 1 heterocycles. The van der Waals surface area contributed by atoms with Crippen LogP contribution in [0.5, 0.6) is 0 Å². The van der Waals surface area contributed by atoms with Crippen molar-refractivity contribution in [2.75, 3.05) is 5.33 Å². The Labute approximate surface area is 118 Å². The van der Waals surface area contributed by atoms with Crippen molar-refractivity contribution >= 4 is 24.0 Å². The fourth-order valence-electron chi connectivity index (χ4n) is 3.24. The summed E-state index contributed by atoms with van der Waals surface area (Å²) in [4.78, 5) is 0. The molecule has 0 aromatic carbocycles.